The van der Waals surface area contributed by atoms with Gasteiger partial charge >= 0.3 is 0 Å². The van der Waals surface area contributed by atoms with E-state index in [0.717, 1.165) is 38.0 Å². The Morgan fingerprint density at radius 1 is 1.11 bits per heavy atom. The molecule has 27 heavy (non-hydrogen) atoms. The molecule has 2 aliphatic heterocycles. The van der Waals surface area contributed by atoms with Crippen molar-refractivity contribution in [3.05, 3.63) is 70.5 Å². The molecule has 0 bridgehead atoms. The maximum absolute atomic E-state index is 13.5. The first-order chi connectivity index (χ1) is 13.1. The van der Waals surface area contributed by atoms with Gasteiger partial charge in [-0.3, -0.25) is 9.69 Å². The number of likely N-dealkylation sites (tertiary alicyclic amines) is 1. The lowest BCUT2D eigenvalue weighted by molar-refractivity contribution is -0.131. The zero-order valence-electron chi connectivity index (χ0n) is 15.0. The predicted molar refractivity (Wildman–Crippen MR) is 108 cm³/mol. The molecule has 0 radical (unpaired) electrons. The fraction of sp³-hybridized carbons (Fsp3) is 0.381. The molecule has 1 amide bonds. The van der Waals surface area contributed by atoms with E-state index in [2.05, 4.69) is 29.2 Å². The van der Waals surface area contributed by atoms with E-state index in [1.807, 2.05) is 11.0 Å². The average molecular weight is 405 g/mol. The summed E-state index contributed by atoms with van der Waals surface area (Å²) in [7, 11) is 0. The maximum Gasteiger partial charge on any atom is 0.234 e. The van der Waals surface area contributed by atoms with E-state index in [1.165, 1.54) is 11.6 Å². The van der Waals surface area contributed by atoms with E-state index in [0.29, 0.717) is 5.75 Å². The minimum Gasteiger partial charge on any atom is -0.323 e. The van der Waals surface area contributed by atoms with Crippen LogP contribution in [0.2, 0.25) is 5.02 Å². The molecule has 0 spiro atoms. The Balaban J connectivity index is 1.42. The Bertz CT molecular complexity index is 811. The second-order valence-corrected chi connectivity index (χ2v) is 8.61. The molecule has 3 nitrogen and oxygen atoms in total. The zero-order chi connectivity index (χ0) is 18.8. The van der Waals surface area contributed by atoms with Gasteiger partial charge in [-0.25, -0.2) is 4.39 Å². The second-order valence-electron chi connectivity index (χ2n) is 7.13. The first-order valence-electron chi connectivity index (χ1n) is 9.26. The standard InChI is InChI=1S/C21H22ClFN2OS/c22-18-12-16(6-7-19(18)23)21-25(20(26)14-27-21)17-8-10-24(11-9-17)13-15-4-2-1-3-5-15/h1-7,12,17,21H,8-11,13-14H2. The van der Waals surface area contributed by atoms with Gasteiger partial charge in [0.2, 0.25) is 5.91 Å². The molecule has 2 heterocycles. The Labute approximate surface area is 168 Å². The number of benzene rings is 2. The van der Waals surface area contributed by atoms with E-state index < -0.39 is 5.82 Å². The van der Waals surface area contributed by atoms with Crippen LogP contribution in [0.15, 0.2) is 48.5 Å². The van der Waals surface area contributed by atoms with Crippen LogP contribution in [0.3, 0.4) is 0 Å². The first kappa shape index (κ1) is 18.8. The highest BCUT2D eigenvalue weighted by atomic mass is 35.5. The molecule has 0 aliphatic carbocycles. The summed E-state index contributed by atoms with van der Waals surface area (Å²) in [5.41, 5.74) is 2.23. The maximum atomic E-state index is 13.5. The van der Waals surface area contributed by atoms with Gasteiger partial charge in [0.1, 0.15) is 11.2 Å². The lowest BCUT2D eigenvalue weighted by Crippen LogP contribution is -2.46. The number of piperidine rings is 1. The zero-order valence-corrected chi connectivity index (χ0v) is 16.6. The van der Waals surface area contributed by atoms with E-state index in [-0.39, 0.29) is 22.3 Å². The molecule has 4 rings (SSSR count). The topological polar surface area (TPSA) is 23.6 Å². The smallest absolute Gasteiger partial charge is 0.234 e. The number of halogens is 2. The molecule has 1 unspecified atom stereocenters. The number of carbonyl (C=O) groups excluding carboxylic acids is 1. The minimum atomic E-state index is -0.421. The van der Waals surface area contributed by atoms with Crippen LogP contribution in [0.4, 0.5) is 4.39 Å². The van der Waals surface area contributed by atoms with Crippen LogP contribution in [0.5, 0.6) is 0 Å². The molecular formula is C21H22ClFN2OS. The van der Waals surface area contributed by atoms with Crippen molar-refractivity contribution >= 4 is 29.3 Å². The van der Waals surface area contributed by atoms with E-state index >= 15 is 0 Å². The second kappa shape index (κ2) is 8.21. The largest absolute Gasteiger partial charge is 0.323 e. The summed E-state index contributed by atoms with van der Waals surface area (Å²) in [6.07, 6.45) is 1.93. The molecule has 0 saturated carbocycles. The predicted octanol–water partition coefficient (Wildman–Crippen LogP) is 4.72. The number of carbonyl (C=O) groups is 1. The highest BCUT2D eigenvalue weighted by molar-refractivity contribution is 8.00. The molecule has 6 heteroatoms. The summed E-state index contributed by atoms with van der Waals surface area (Å²) in [6.45, 7) is 2.91. The third kappa shape index (κ3) is 4.15. The molecule has 2 aromatic rings. The SMILES string of the molecule is O=C1CSC(c2ccc(F)c(Cl)c2)N1C1CCN(Cc2ccccc2)CC1. The van der Waals surface area contributed by atoms with Crippen molar-refractivity contribution in [2.45, 2.75) is 30.8 Å². The van der Waals surface area contributed by atoms with Crippen molar-refractivity contribution in [1.29, 1.82) is 0 Å². The van der Waals surface area contributed by atoms with Crippen molar-refractivity contribution in [3.63, 3.8) is 0 Å². The van der Waals surface area contributed by atoms with Gasteiger partial charge in [-0.05, 0) is 36.1 Å². The van der Waals surface area contributed by atoms with E-state index in [9.17, 15) is 9.18 Å². The molecule has 2 saturated heterocycles. The summed E-state index contributed by atoms with van der Waals surface area (Å²) >= 11 is 7.57. The van der Waals surface area contributed by atoms with E-state index in [4.69, 9.17) is 11.6 Å². The molecular weight excluding hydrogens is 383 g/mol. The van der Waals surface area contributed by atoms with Gasteiger partial charge in [-0.1, -0.05) is 48.0 Å². The third-order valence-electron chi connectivity index (χ3n) is 5.33. The highest BCUT2D eigenvalue weighted by Crippen LogP contribution is 2.42. The minimum absolute atomic E-state index is 0.0683. The van der Waals surface area contributed by atoms with Crippen LogP contribution in [-0.2, 0) is 11.3 Å². The molecule has 142 valence electrons. The summed E-state index contributed by atoms with van der Waals surface area (Å²) in [5, 5.41) is 0.0475. The number of amides is 1. The van der Waals surface area contributed by atoms with Gasteiger partial charge in [0.25, 0.3) is 0 Å². The average Bonchev–Trinajstić information content (AvgIpc) is 3.07. The van der Waals surface area contributed by atoms with Crippen LogP contribution < -0.4 is 0 Å². The molecule has 0 aromatic heterocycles. The molecule has 2 aromatic carbocycles. The third-order valence-corrected chi connectivity index (χ3v) is 6.85. The van der Waals surface area contributed by atoms with Gasteiger partial charge in [0.05, 0.1) is 10.8 Å². The van der Waals surface area contributed by atoms with Gasteiger partial charge in [-0.2, -0.15) is 0 Å². The van der Waals surface area contributed by atoms with Crippen molar-refractivity contribution in [3.8, 4) is 0 Å². The lowest BCUT2D eigenvalue weighted by Gasteiger charge is -2.39. The van der Waals surface area contributed by atoms with Gasteiger partial charge in [-0.15, -0.1) is 11.8 Å². The lowest BCUT2D eigenvalue weighted by atomic mass is 10.0. The fourth-order valence-electron chi connectivity index (χ4n) is 3.95. The monoisotopic (exact) mass is 404 g/mol. The highest BCUT2D eigenvalue weighted by Gasteiger charge is 2.39. The molecule has 0 N–H and O–H groups in total. The van der Waals surface area contributed by atoms with Crippen molar-refractivity contribution in [1.82, 2.24) is 9.80 Å². The first-order valence-corrected chi connectivity index (χ1v) is 10.7. The summed E-state index contributed by atoms with van der Waals surface area (Å²) < 4.78 is 13.5. The van der Waals surface area contributed by atoms with Crippen molar-refractivity contribution < 1.29 is 9.18 Å². The normalized spacial score (nSPS) is 21.8. The summed E-state index contributed by atoms with van der Waals surface area (Å²) in [6, 6.07) is 15.5. The van der Waals surface area contributed by atoms with Gasteiger partial charge in [0.15, 0.2) is 0 Å². The summed E-state index contributed by atoms with van der Waals surface area (Å²) in [4.78, 5) is 17.0. The number of nitrogens with zero attached hydrogens (tertiary/aromatic N) is 2. The number of hydrogen-bond acceptors (Lipinski definition) is 3. The summed E-state index contributed by atoms with van der Waals surface area (Å²) in [5.74, 6) is 0.228. The Morgan fingerprint density at radius 2 is 1.85 bits per heavy atom. The Morgan fingerprint density at radius 3 is 2.56 bits per heavy atom. The molecule has 2 fully saturated rings. The van der Waals surface area contributed by atoms with Crippen LogP contribution >= 0.6 is 23.4 Å². The van der Waals surface area contributed by atoms with E-state index in [1.54, 1.807) is 23.9 Å². The van der Waals surface area contributed by atoms with Crippen LogP contribution in [0.25, 0.3) is 0 Å². The van der Waals surface area contributed by atoms with Crippen LogP contribution in [-0.4, -0.2) is 40.6 Å². The van der Waals surface area contributed by atoms with Gasteiger partial charge < -0.3 is 4.90 Å². The number of thioether (sulfide) groups is 1. The van der Waals surface area contributed by atoms with Crippen molar-refractivity contribution in [2.24, 2.45) is 0 Å². The Kier molecular flexibility index (Phi) is 5.71. The quantitative estimate of drug-likeness (QED) is 0.736. The fourth-order valence-corrected chi connectivity index (χ4v) is 5.38. The Hall–Kier alpha value is -1.56. The van der Waals surface area contributed by atoms with Crippen LogP contribution in [0.1, 0.15) is 29.3 Å². The molecule has 2 aliphatic rings. The van der Waals surface area contributed by atoms with Crippen LogP contribution in [0, 0.1) is 5.82 Å². The number of rotatable bonds is 4. The number of hydrogen-bond donors (Lipinski definition) is 0. The van der Waals surface area contributed by atoms with Crippen molar-refractivity contribution in [2.75, 3.05) is 18.8 Å². The van der Waals surface area contributed by atoms with Gasteiger partial charge in [0, 0.05) is 25.7 Å². The molecule has 1 atom stereocenters.